The van der Waals surface area contributed by atoms with Gasteiger partial charge in [0.1, 0.15) is 6.04 Å². The van der Waals surface area contributed by atoms with E-state index in [0.717, 1.165) is 5.56 Å². The normalized spacial score (nSPS) is 11.8. The van der Waals surface area contributed by atoms with Gasteiger partial charge in [-0.05, 0) is 30.5 Å². The second-order valence-corrected chi connectivity index (χ2v) is 5.93. The Bertz CT molecular complexity index is 730. The summed E-state index contributed by atoms with van der Waals surface area (Å²) in [7, 11) is 0. The molecular weight excluding hydrogens is 353 g/mol. The van der Waals surface area contributed by atoms with E-state index in [2.05, 4.69) is 10.3 Å². The largest absolute Gasteiger partial charge is 0.480 e. The Morgan fingerprint density at radius 3 is 2.29 bits per heavy atom. The molecule has 0 unspecified atom stereocenters. The SMILES string of the molecule is N[C@@H](CCc1ccc(NC(=O)c2c(Cl)cncc2Cl)cc1)C(=O)O. The molecular formula is C16H15Cl2N3O3. The summed E-state index contributed by atoms with van der Waals surface area (Å²) < 4.78 is 0. The fraction of sp³-hybridized carbons (Fsp3) is 0.188. The van der Waals surface area contributed by atoms with Gasteiger partial charge < -0.3 is 16.2 Å². The molecule has 8 heteroatoms. The van der Waals surface area contributed by atoms with Crippen LogP contribution in [0.4, 0.5) is 5.69 Å². The first kappa shape index (κ1) is 18.2. The van der Waals surface area contributed by atoms with E-state index in [4.69, 9.17) is 34.0 Å². The van der Waals surface area contributed by atoms with Gasteiger partial charge in [-0.25, -0.2) is 0 Å². The zero-order valence-corrected chi connectivity index (χ0v) is 14.0. The molecule has 1 aromatic heterocycles. The zero-order valence-electron chi connectivity index (χ0n) is 12.5. The maximum absolute atomic E-state index is 12.2. The van der Waals surface area contributed by atoms with E-state index in [0.29, 0.717) is 18.5 Å². The fourth-order valence-corrected chi connectivity index (χ4v) is 2.56. The third kappa shape index (κ3) is 4.67. The molecule has 0 bridgehead atoms. The lowest BCUT2D eigenvalue weighted by atomic mass is 10.1. The first-order valence-corrected chi connectivity index (χ1v) is 7.81. The predicted molar refractivity (Wildman–Crippen MR) is 92.6 cm³/mol. The Morgan fingerprint density at radius 1 is 1.17 bits per heavy atom. The minimum Gasteiger partial charge on any atom is -0.480 e. The number of amides is 1. The van der Waals surface area contributed by atoms with Crippen molar-refractivity contribution in [3.05, 3.63) is 57.8 Å². The molecule has 2 aromatic rings. The van der Waals surface area contributed by atoms with E-state index >= 15 is 0 Å². The van der Waals surface area contributed by atoms with Crippen molar-refractivity contribution in [1.29, 1.82) is 0 Å². The smallest absolute Gasteiger partial charge is 0.320 e. The summed E-state index contributed by atoms with van der Waals surface area (Å²) in [6, 6.07) is 6.12. The second kappa shape index (κ2) is 8.10. The van der Waals surface area contributed by atoms with Gasteiger partial charge in [-0.3, -0.25) is 14.6 Å². The number of nitrogens with zero attached hydrogens (tertiary/aromatic N) is 1. The second-order valence-electron chi connectivity index (χ2n) is 5.11. The molecule has 1 aromatic carbocycles. The van der Waals surface area contributed by atoms with Crippen molar-refractivity contribution in [2.75, 3.05) is 5.32 Å². The van der Waals surface area contributed by atoms with Gasteiger partial charge in [-0.2, -0.15) is 0 Å². The molecule has 0 radical (unpaired) electrons. The average molecular weight is 368 g/mol. The highest BCUT2D eigenvalue weighted by molar-refractivity contribution is 6.40. The van der Waals surface area contributed by atoms with E-state index < -0.39 is 17.9 Å². The number of aliphatic carboxylic acids is 1. The minimum absolute atomic E-state index is 0.157. The molecule has 1 amide bonds. The molecule has 1 heterocycles. The Balaban J connectivity index is 2.01. The van der Waals surface area contributed by atoms with Gasteiger partial charge in [0.15, 0.2) is 0 Å². The lowest BCUT2D eigenvalue weighted by Crippen LogP contribution is -2.30. The van der Waals surface area contributed by atoms with Crippen LogP contribution in [0.5, 0.6) is 0 Å². The first-order chi connectivity index (χ1) is 11.4. The monoisotopic (exact) mass is 367 g/mol. The number of anilines is 1. The van der Waals surface area contributed by atoms with Crippen LogP contribution in [0, 0.1) is 0 Å². The third-order valence-corrected chi connectivity index (χ3v) is 3.93. The molecule has 2 rings (SSSR count). The summed E-state index contributed by atoms with van der Waals surface area (Å²) in [6.07, 6.45) is 3.56. The van der Waals surface area contributed by atoms with Crippen LogP contribution in [0.25, 0.3) is 0 Å². The summed E-state index contributed by atoms with van der Waals surface area (Å²) in [6.45, 7) is 0. The molecule has 0 fully saturated rings. The van der Waals surface area contributed by atoms with E-state index in [1.807, 2.05) is 0 Å². The first-order valence-electron chi connectivity index (χ1n) is 7.06. The van der Waals surface area contributed by atoms with Crippen LogP contribution < -0.4 is 11.1 Å². The van der Waals surface area contributed by atoms with Crippen molar-refractivity contribution in [3.63, 3.8) is 0 Å². The highest BCUT2D eigenvalue weighted by Gasteiger charge is 2.15. The van der Waals surface area contributed by atoms with Crippen molar-refractivity contribution in [2.45, 2.75) is 18.9 Å². The van der Waals surface area contributed by atoms with Crippen molar-refractivity contribution < 1.29 is 14.7 Å². The Kier molecular flexibility index (Phi) is 6.14. The fourth-order valence-electron chi connectivity index (χ4n) is 2.02. The molecule has 0 aliphatic carbocycles. The number of carboxylic acids is 1. The number of rotatable bonds is 6. The van der Waals surface area contributed by atoms with Crippen LogP contribution in [0.15, 0.2) is 36.7 Å². The molecule has 0 aliphatic rings. The maximum atomic E-state index is 12.2. The number of halogens is 2. The highest BCUT2D eigenvalue weighted by atomic mass is 35.5. The number of aromatic nitrogens is 1. The molecule has 0 saturated carbocycles. The third-order valence-electron chi connectivity index (χ3n) is 3.35. The number of benzene rings is 1. The predicted octanol–water partition coefficient (Wildman–Crippen LogP) is 2.99. The lowest BCUT2D eigenvalue weighted by molar-refractivity contribution is -0.138. The van der Waals surface area contributed by atoms with Gasteiger partial charge >= 0.3 is 5.97 Å². The van der Waals surface area contributed by atoms with Gasteiger partial charge in [0.25, 0.3) is 5.91 Å². The number of aryl methyl sites for hydroxylation is 1. The van der Waals surface area contributed by atoms with Crippen LogP contribution in [0.3, 0.4) is 0 Å². The van der Waals surface area contributed by atoms with Crippen LogP contribution in [-0.4, -0.2) is 28.0 Å². The molecule has 4 N–H and O–H groups in total. The molecule has 0 saturated heterocycles. The van der Waals surface area contributed by atoms with E-state index in [9.17, 15) is 9.59 Å². The summed E-state index contributed by atoms with van der Waals surface area (Å²) in [5, 5.41) is 11.8. The summed E-state index contributed by atoms with van der Waals surface area (Å²) in [5.41, 5.74) is 7.11. The average Bonchev–Trinajstić information content (AvgIpc) is 2.53. The van der Waals surface area contributed by atoms with Gasteiger partial charge in [0.2, 0.25) is 0 Å². The number of carboxylic acid groups (broad SMARTS) is 1. The molecule has 1 atom stereocenters. The number of nitrogens with one attached hydrogen (secondary N) is 1. The Morgan fingerprint density at radius 2 is 1.75 bits per heavy atom. The van der Waals surface area contributed by atoms with Crippen LogP contribution in [0.2, 0.25) is 10.0 Å². The Labute approximate surface area is 148 Å². The molecule has 0 spiro atoms. The van der Waals surface area contributed by atoms with Crippen molar-refractivity contribution >= 4 is 40.8 Å². The number of hydrogen-bond donors (Lipinski definition) is 3. The van der Waals surface area contributed by atoms with Crippen LogP contribution in [0.1, 0.15) is 22.3 Å². The summed E-state index contributed by atoms with van der Waals surface area (Å²) >= 11 is 11.9. The highest BCUT2D eigenvalue weighted by Crippen LogP contribution is 2.24. The summed E-state index contributed by atoms with van der Waals surface area (Å²) in [5.74, 6) is -1.46. The standard InChI is InChI=1S/C16H15Cl2N3O3/c17-11-7-20-8-12(18)14(11)15(22)21-10-4-1-9(2-5-10)3-6-13(19)16(23)24/h1-2,4-5,7-8,13H,3,6,19H2,(H,21,22)(H,23,24)/t13-/m0/s1. The Hall–Kier alpha value is -2.15. The van der Waals surface area contributed by atoms with Gasteiger partial charge in [-0.15, -0.1) is 0 Å². The van der Waals surface area contributed by atoms with Crippen LogP contribution in [-0.2, 0) is 11.2 Å². The summed E-state index contributed by atoms with van der Waals surface area (Å²) in [4.78, 5) is 26.7. The number of nitrogens with two attached hydrogens (primary N) is 1. The van der Waals surface area contributed by atoms with Crippen molar-refractivity contribution in [2.24, 2.45) is 5.73 Å². The van der Waals surface area contributed by atoms with Gasteiger partial charge in [0.05, 0.1) is 15.6 Å². The number of carbonyl (C=O) groups excluding carboxylic acids is 1. The maximum Gasteiger partial charge on any atom is 0.320 e. The molecule has 6 nitrogen and oxygen atoms in total. The molecule has 24 heavy (non-hydrogen) atoms. The quantitative estimate of drug-likeness (QED) is 0.727. The van der Waals surface area contributed by atoms with Crippen LogP contribution >= 0.6 is 23.2 Å². The molecule has 0 aliphatic heterocycles. The zero-order chi connectivity index (χ0) is 17.7. The van der Waals surface area contributed by atoms with E-state index in [1.165, 1.54) is 12.4 Å². The molecule has 126 valence electrons. The van der Waals surface area contributed by atoms with E-state index in [1.54, 1.807) is 24.3 Å². The van der Waals surface area contributed by atoms with E-state index in [-0.39, 0.29) is 15.6 Å². The van der Waals surface area contributed by atoms with Crippen molar-refractivity contribution in [1.82, 2.24) is 4.98 Å². The number of hydrogen-bond acceptors (Lipinski definition) is 4. The topological polar surface area (TPSA) is 105 Å². The minimum atomic E-state index is -1.02. The lowest BCUT2D eigenvalue weighted by Gasteiger charge is -2.09. The number of carbonyl (C=O) groups is 2. The van der Waals surface area contributed by atoms with Crippen molar-refractivity contribution in [3.8, 4) is 0 Å². The van der Waals surface area contributed by atoms with Gasteiger partial charge in [0, 0.05) is 18.1 Å². The van der Waals surface area contributed by atoms with Gasteiger partial charge in [-0.1, -0.05) is 35.3 Å². The number of pyridine rings is 1.